The topological polar surface area (TPSA) is 164 Å². The Morgan fingerprint density at radius 1 is 1.12 bits per heavy atom. The molecule has 4 rings (SSSR count). The fourth-order valence-corrected chi connectivity index (χ4v) is 8.42. The zero-order valence-corrected chi connectivity index (χ0v) is 27.6. The van der Waals surface area contributed by atoms with Crippen LogP contribution in [0.2, 0.25) is 0 Å². The molecular weight excluding hydrogens is 675 g/mol. The molecule has 3 saturated heterocycles. The molecule has 6 atom stereocenters. The Balaban J connectivity index is 1.15. The zero-order chi connectivity index (χ0) is 31.4. The van der Waals surface area contributed by atoms with Gasteiger partial charge in [-0.25, -0.2) is 0 Å². The first-order chi connectivity index (χ1) is 20.4. The van der Waals surface area contributed by atoms with Gasteiger partial charge in [0.1, 0.15) is 23.4 Å². The van der Waals surface area contributed by atoms with Gasteiger partial charge in [-0.05, 0) is 40.0 Å². The number of aliphatic hydroxyl groups is 1. The van der Waals surface area contributed by atoms with Crippen LogP contribution in [0.5, 0.6) is 0 Å². The van der Waals surface area contributed by atoms with Crippen LogP contribution in [0.15, 0.2) is 11.6 Å². The number of carbonyl (C=O) groups is 5. The summed E-state index contributed by atoms with van der Waals surface area (Å²) < 4.78 is 24.4. The number of amides is 3. The summed E-state index contributed by atoms with van der Waals surface area (Å²) >= 11 is -1.25. The average molecular weight is 720 g/mol. The number of nitrogens with zero attached hydrogens (tertiary/aromatic N) is 1. The number of unbranched alkanes of at least 4 members (excludes halogenated alkanes) is 3. The van der Waals surface area contributed by atoms with Gasteiger partial charge in [0, 0.05) is 7.11 Å². The molecule has 1 spiro atoms. The molecule has 43 heavy (non-hydrogen) atoms. The maximum atomic E-state index is 12.7. The number of esters is 1. The third-order valence-corrected chi connectivity index (χ3v) is 11.5. The predicted molar refractivity (Wildman–Crippen MR) is 148 cm³/mol. The van der Waals surface area contributed by atoms with Gasteiger partial charge in [0.2, 0.25) is 0 Å². The number of halogens is 1. The van der Waals surface area contributed by atoms with E-state index in [0.29, 0.717) is 45.1 Å². The standard InChI is InChI=1S/C30H44IN2O10/c1-19(2)11-12-21-28(3,43-21)30(39)27(40-4)20(15-16-29(30)18-41-29)42-26(38)17-32-23(35)10-8-6-5-7-9-22(34)31-33-24(36)13-14-25(33)37/h11,20-21,27,39H,5-10,12-18H2,1-4H3,(H,32,35)/q-1/t20-,21?,27-,28+,29+,30+/m1/s1. The first kappa shape index (κ1) is 33.9. The van der Waals surface area contributed by atoms with Crippen LogP contribution in [0.3, 0.4) is 0 Å². The first-order valence-electron chi connectivity index (χ1n) is 15.1. The Bertz CT molecular complexity index is 1120. The summed E-state index contributed by atoms with van der Waals surface area (Å²) in [6.45, 7) is 5.95. The summed E-state index contributed by atoms with van der Waals surface area (Å²) in [5, 5.41) is 14.7. The number of hydrogen-bond donors (Lipinski definition) is 2. The average Bonchev–Trinajstić information content (AvgIpc) is 3.86. The first-order valence-corrected chi connectivity index (χ1v) is 17.1. The Morgan fingerprint density at radius 2 is 1.77 bits per heavy atom. The molecular formula is C30H44IN2O10-. The molecule has 0 aromatic heterocycles. The second-order valence-electron chi connectivity index (χ2n) is 12.2. The van der Waals surface area contributed by atoms with Gasteiger partial charge in [0.25, 0.3) is 0 Å². The van der Waals surface area contributed by atoms with Gasteiger partial charge in [-0.3, -0.25) is 0 Å². The zero-order valence-electron chi connectivity index (χ0n) is 25.4. The summed E-state index contributed by atoms with van der Waals surface area (Å²) in [6.07, 6.45) is 5.53. The van der Waals surface area contributed by atoms with Gasteiger partial charge in [-0.2, -0.15) is 0 Å². The van der Waals surface area contributed by atoms with E-state index in [-0.39, 0.29) is 53.4 Å². The van der Waals surface area contributed by atoms with E-state index in [1.807, 2.05) is 20.8 Å². The molecule has 3 heterocycles. The largest absolute Gasteiger partial charge is 0.381 e. The SMILES string of the molecule is CO[C@@H]1[C@H](OC(=O)CNC(=O)CCCCCCC(=O)[I-]N2C(=O)CCC2=O)CC[C@]2(CO2)[C@@]1(O)[C@@]1(C)OC1CC=C(C)C. The number of methoxy groups -OCH3 is 1. The maximum Gasteiger partial charge on any atom is 0.156 e. The van der Waals surface area contributed by atoms with Crippen LogP contribution < -0.4 is 26.8 Å². The summed E-state index contributed by atoms with van der Waals surface area (Å²) in [5.74, 6) is -1.38. The molecule has 0 aromatic carbocycles. The van der Waals surface area contributed by atoms with Crippen molar-refractivity contribution in [3.8, 4) is 0 Å². The third-order valence-electron chi connectivity index (χ3n) is 8.87. The van der Waals surface area contributed by atoms with Crippen molar-refractivity contribution in [2.24, 2.45) is 0 Å². The summed E-state index contributed by atoms with van der Waals surface area (Å²) in [5.41, 5.74) is -2.09. The van der Waals surface area contributed by atoms with Gasteiger partial charge in [0.05, 0.1) is 12.7 Å². The van der Waals surface area contributed by atoms with Crippen molar-refractivity contribution in [2.75, 3.05) is 20.3 Å². The van der Waals surface area contributed by atoms with Crippen molar-refractivity contribution in [1.29, 1.82) is 0 Å². The van der Waals surface area contributed by atoms with Crippen molar-refractivity contribution in [3.63, 3.8) is 0 Å². The maximum absolute atomic E-state index is 12.7. The third kappa shape index (κ3) is 7.48. The number of epoxide rings is 2. The number of hydrogen-bond acceptors (Lipinski definition) is 10. The fourth-order valence-electron chi connectivity index (χ4n) is 6.24. The van der Waals surface area contributed by atoms with Crippen molar-refractivity contribution in [1.82, 2.24) is 8.43 Å². The van der Waals surface area contributed by atoms with Gasteiger partial charge >= 0.3 is 144 Å². The molecule has 1 aliphatic carbocycles. The molecule has 12 nitrogen and oxygen atoms in total. The van der Waals surface area contributed by atoms with E-state index in [1.54, 1.807) is 0 Å². The fraction of sp³-hybridized carbons (Fsp3) is 0.767. The van der Waals surface area contributed by atoms with Gasteiger partial charge in [-0.1, -0.05) is 11.6 Å². The molecule has 13 heteroatoms. The van der Waals surface area contributed by atoms with E-state index in [0.717, 1.165) is 21.5 Å². The second-order valence-corrected chi connectivity index (χ2v) is 14.9. The van der Waals surface area contributed by atoms with E-state index in [1.165, 1.54) is 7.11 Å². The summed E-state index contributed by atoms with van der Waals surface area (Å²) in [4.78, 5) is 60.4. The second kappa shape index (κ2) is 14.0. The molecule has 4 fully saturated rings. The van der Waals surface area contributed by atoms with E-state index >= 15 is 0 Å². The molecule has 1 saturated carbocycles. The molecule has 0 radical (unpaired) electrons. The van der Waals surface area contributed by atoms with E-state index < -0.39 is 56.5 Å². The number of allylic oxidation sites excluding steroid dienone is 1. The number of rotatable bonds is 16. The normalized spacial score (nSPS) is 33.0. The number of carbonyl (C=O) groups excluding carboxylic acids is 5. The molecule has 4 aliphatic rings. The Labute approximate surface area is 263 Å². The predicted octanol–water partition coefficient (Wildman–Crippen LogP) is -1.14. The van der Waals surface area contributed by atoms with Crippen LogP contribution in [0.25, 0.3) is 0 Å². The Kier molecular flexibility index (Phi) is 11.1. The monoisotopic (exact) mass is 719 g/mol. The van der Waals surface area contributed by atoms with Gasteiger partial charge < -0.3 is 19.3 Å². The van der Waals surface area contributed by atoms with Crippen LogP contribution in [0.4, 0.5) is 0 Å². The molecule has 0 aromatic rings. The van der Waals surface area contributed by atoms with E-state index in [2.05, 4.69) is 11.4 Å². The quantitative estimate of drug-likeness (QED) is 0.0291. The van der Waals surface area contributed by atoms with Crippen molar-refractivity contribution < 1.29 is 69.5 Å². The minimum absolute atomic E-state index is 0.0343. The van der Waals surface area contributed by atoms with Gasteiger partial charge in [-0.15, -0.1) is 0 Å². The van der Waals surface area contributed by atoms with Crippen molar-refractivity contribution >= 4 is 27.5 Å². The number of imide groups is 1. The van der Waals surface area contributed by atoms with Gasteiger partial charge in [0.15, 0.2) is 5.60 Å². The Morgan fingerprint density at radius 3 is 2.37 bits per heavy atom. The van der Waals surface area contributed by atoms with E-state index in [4.69, 9.17) is 18.9 Å². The smallest absolute Gasteiger partial charge is 0.156 e. The molecule has 1 unspecified atom stereocenters. The van der Waals surface area contributed by atoms with Crippen LogP contribution in [0.1, 0.15) is 91.4 Å². The van der Waals surface area contributed by atoms with Crippen LogP contribution in [-0.2, 0) is 42.9 Å². The van der Waals surface area contributed by atoms with Crippen LogP contribution in [0, 0.1) is 0 Å². The summed E-state index contributed by atoms with van der Waals surface area (Å²) in [6, 6.07) is 0. The molecule has 242 valence electrons. The molecule has 0 bridgehead atoms. The minimum atomic E-state index is -1.52. The number of ether oxygens (including phenoxy) is 4. The molecule has 3 amide bonds. The van der Waals surface area contributed by atoms with Crippen molar-refractivity contribution in [2.45, 2.75) is 127 Å². The Hall–Kier alpha value is -1.94. The minimum Gasteiger partial charge on any atom is -0.381 e. The van der Waals surface area contributed by atoms with Crippen molar-refractivity contribution in [3.05, 3.63) is 11.6 Å². The van der Waals surface area contributed by atoms with Crippen LogP contribution >= 0.6 is 0 Å². The summed E-state index contributed by atoms with van der Waals surface area (Å²) in [7, 11) is 1.48. The molecule has 3 aliphatic heterocycles. The molecule has 2 N–H and O–H groups in total. The van der Waals surface area contributed by atoms with E-state index in [9.17, 15) is 29.1 Å². The number of nitrogens with one attached hydrogen (secondary N) is 1. The van der Waals surface area contributed by atoms with Crippen LogP contribution in [-0.4, -0.2) is 91.1 Å².